The summed E-state index contributed by atoms with van der Waals surface area (Å²) in [5.74, 6) is 5.96. The Labute approximate surface area is 95.6 Å². The van der Waals surface area contributed by atoms with Gasteiger partial charge in [0.25, 0.3) is 0 Å². The maximum Gasteiger partial charge on any atom is 0.139 e. The molecule has 0 amide bonds. The second kappa shape index (κ2) is 5.25. The van der Waals surface area contributed by atoms with Gasteiger partial charge in [-0.1, -0.05) is 6.07 Å². The Morgan fingerprint density at radius 2 is 2.50 bits per heavy atom. The minimum atomic E-state index is 0.326. The summed E-state index contributed by atoms with van der Waals surface area (Å²) in [5.41, 5.74) is 3.72. The molecule has 0 aliphatic carbocycles. The van der Waals surface area contributed by atoms with E-state index in [-0.39, 0.29) is 0 Å². The zero-order valence-electron chi connectivity index (χ0n) is 9.52. The fourth-order valence-corrected chi connectivity index (χ4v) is 1.90. The van der Waals surface area contributed by atoms with Crippen molar-refractivity contribution in [2.75, 3.05) is 25.1 Å². The second-order valence-electron chi connectivity index (χ2n) is 4.11. The molecular formula is C11H18N4O. The van der Waals surface area contributed by atoms with Gasteiger partial charge in [-0.05, 0) is 18.6 Å². The summed E-state index contributed by atoms with van der Waals surface area (Å²) in [6.45, 7) is 5.81. The van der Waals surface area contributed by atoms with Crippen LogP contribution in [0, 0.1) is 0 Å². The van der Waals surface area contributed by atoms with Gasteiger partial charge < -0.3 is 10.2 Å². The molecule has 3 N–H and O–H groups in total. The predicted molar refractivity (Wildman–Crippen MR) is 62.7 cm³/mol. The topological polar surface area (TPSA) is 63.4 Å². The number of nitrogens with zero attached hydrogens (tertiary/aromatic N) is 2. The fraction of sp³-hybridized carbons (Fsp3) is 0.545. The molecule has 88 valence electrons. The summed E-state index contributed by atoms with van der Waals surface area (Å²) in [5, 5.41) is 0. The van der Waals surface area contributed by atoms with E-state index in [0.717, 1.165) is 26.2 Å². The van der Waals surface area contributed by atoms with Crippen LogP contribution < -0.4 is 11.3 Å². The quantitative estimate of drug-likeness (QED) is 0.579. The van der Waals surface area contributed by atoms with Gasteiger partial charge in [0, 0.05) is 25.8 Å². The number of rotatable bonds is 3. The fourth-order valence-electron chi connectivity index (χ4n) is 1.90. The first kappa shape index (κ1) is 11.3. The maximum absolute atomic E-state index is 5.50. The van der Waals surface area contributed by atoms with Crippen molar-refractivity contribution in [3.63, 3.8) is 0 Å². The number of ether oxygens (including phenoxy) is 1. The lowest BCUT2D eigenvalue weighted by molar-refractivity contribution is -0.0212. The Hall–Kier alpha value is -1.17. The van der Waals surface area contributed by atoms with Crippen molar-refractivity contribution in [1.82, 2.24) is 9.88 Å². The molecule has 0 aromatic carbocycles. The Morgan fingerprint density at radius 1 is 1.62 bits per heavy atom. The highest BCUT2D eigenvalue weighted by atomic mass is 16.5. The van der Waals surface area contributed by atoms with Crippen LogP contribution in [0.3, 0.4) is 0 Å². The minimum Gasteiger partial charge on any atom is -0.376 e. The molecule has 0 bridgehead atoms. The first-order valence-corrected chi connectivity index (χ1v) is 5.53. The van der Waals surface area contributed by atoms with Crippen molar-refractivity contribution in [3.05, 3.63) is 23.9 Å². The molecular weight excluding hydrogens is 204 g/mol. The number of anilines is 1. The van der Waals surface area contributed by atoms with E-state index in [1.807, 2.05) is 18.3 Å². The molecule has 5 nitrogen and oxygen atoms in total. The van der Waals surface area contributed by atoms with Crippen molar-refractivity contribution in [2.45, 2.75) is 19.6 Å². The number of hydrogen-bond acceptors (Lipinski definition) is 5. The number of morpholine rings is 1. The Kier molecular flexibility index (Phi) is 3.71. The molecule has 1 atom stereocenters. The molecule has 1 aromatic heterocycles. The molecule has 0 radical (unpaired) electrons. The van der Waals surface area contributed by atoms with Gasteiger partial charge >= 0.3 is 0 Å². The van der Waals surface area contributed by atoms with Gasteiger partial charge in [0.05, 0.1) is 12.7 Å². The summed E-state index contributed by atoms with van der Waals surface area (Å²) < 4.78 is 5.50. The molecule has 1 aliphatic rings. The number of hydrazine groups is 1. The van der Waals surface area contributed by atoms with Crippen LogP contribution in [0.25, 0.3) is 0 Å². The third-order valence-corrected chi connectivity index (χ3v) is 2.70. The van der Waals surface area contributed by atoms with Crippen molar-refractivity contribution in [3.8, 4) is 0 Å². The molecule has 1 aromatic rings. The van der Waals surface area contributed by atoms with Crippen molar-refractivity contribution in [2.24, 2.45) is 5.84 Å². The van der Waals surface area contributed by atoms with Crippen LogP contribution >= 0.6 is 0 Å². The highest BCUT2D eigenvalue weighted by molar-refractivity contribution is 5.33. The number of nitrogens with one attached hydrogen (secondary N) is 1. The van der Waals surface area contributed by atoms with Gasteiger partial charge in [0.2, 0.25) is 0 Å². The van der Waals surface area contributed by atoms with E-state index in [1.54, 1.807) is 0 Å². The lowest BCUT2D eigenvalue weighted by atomic mass is 10.2. The van der Waals surface area contributed by atoms with E-state index in [4.69, 9.17) is 10.6 Å². The molecule has 1 unspecified atom stereocenters. The third-order valence-electron chi connectivity index (χ3n) is 2.70. The summed E-state index contributed by atoms with van der Waals surface area (Å²) in [6, 6.07) is 3.93. The van der Waals surface area contributed by atoms with Crippen LogP contribution in [0.1, 0.15) is 12.5 Å². The number of nitrogens with two attached hydrogens (primary N) is 1. The van der Waals surface area contributed by atoms with Crippen LogP contribution in [-0.2, 0) is 11.3 Å². The van der Waals surface area contributed by atoms with E-state index in [2.05, 4.69) is 22.2 Å². The van der Waals surface area contributed by atoms with Gasteiger partial charge in [-0.15, -0.1) is 0 Å². The average Bonchev–Trinajstić information content (AvgIpc) is 2.30. The van der Waals surface area contributed by atoms with Gasteiger partial charge in [-0.3, -0.25) is 4.90 Å². The lowest BCUT2D eigenvalue weighted by Gasteiger charge is -2.30. The molecule has 0 spiro atoms. The molecule has 16 heavy (non-hydrogen) atoms. The van der Waals surface area contributed by atoms with E-state index in [9.17, 15) is 0 Å². The summed E-state index contributed by atoms with van der Waals surface area (Å²) in [7, 11) is 0. The zero-order chi connectivity index (χ0) is 11.4. The molecule has 2 rings (SSSR count). The van der Waals surface area contributed by atoms with Crippen LogP contribution in [0.2, 0.25) is 0 Å². The third kappa shape index (κ3) is 2.91. The molecule has 1 fully saturated rings. The van der Waals surface area contributed by atoms with E-state index >= 15 is 0 Å². The van der Waals surface area contributed by atoms with Gasteiger partial charge in [0.1, 0.15) is 5.82 Å². The van der Waals surface area contributed by atoms with Crippen LogP contribution in [0.15, 0.2) is 18.3 Å². The highest BCUT2D eigenvalue weighted by Gasteiger charge is 2.16. The van der Waals surface area contributed by atoms with E-state index < -0.39 is 0 Å². The smallest absolute Gasteiger partial charge is 0.139 e. The second-order valence-corrected chi connectivity index (χ2v) is 4.11. The average molecular weight is 222 g/mol. The lowest BCUT2D eigenvalue weighted by Crippen LogP contribution is -2.40. The number of nitrogen functional groups attached to an aromatic ring is 1. The first-order chi connectivity index (χ1) is 7.78. The van der Waals surface area contributed by atoms with Crippen LogP contribution in [-0.4, -0.2) is 35.7 Å². The maximum atomic E-state index is 5.50. The molecule has 2 heterocycles. The Bertz CT molecular complexity index is 327. The van der Waals surface area contributed by atoms with Crippen molar-refractivity contribution < 1.29 is 4.74 Å². The van der Waals surface area contributed by atoms with Crippen LogP contribution in [0.5, 0.6) is 0 Å². The summed E-state index contributed by atoms with van der Waals surface area (Å²) in [6.07, 6.45) is 2.18. The van der Waals surface area contributed by atoms with Crippen molar-refractivity contribution >= 4 is 5.82 Å². The van der Waals surface area contributed by atoms with Gasteiger partial charge in [-0.2, -0.15) is 0 Å². The van der Waals surface area contributed by atoms with Gasteiger partial charge in [0.15, 0.2) is 0 Å². The Morgan fingerprint density at radius 3 is 3.12 bits per heavy atom. The Balaban J connectivity index is 1.92. The highest BCUT2D eigenvalue weighted by Crippen LogP contribution is 2.10. The first-order valence-electron chi connectivity index (χ1n) is 5.53. The number of aromatic nitrogens is 1. The van der Waals surface area contributed by atoms with Crippen LogP contribution in [0.4, 0.5) is 5.82 Å². The number of hydrogen-bond donors (Lipinski definition) is 2. The number of pyridine rings is 1. The molecule has 0 saturated carbocycles. The minimum absolute atomic E-state index is 0.326. The van der Waals surface area contributed by atoms with Crippen molar-refractivity contribution in [1.29, 1.82) is 0 Å². The predicted octanol–water partition coefficient (Wildman–Crippen LogP) is 0.588. The van der Waals surface area contributed by atoms with E-state index in [1.165, 1.54) is 5.56 Å². The molecule has 5 heteroatoms. The summed E-state index contributed by atoms with van der Waals surface area (Å²) >= 11 is 0. The normalized spacial score (nSPS) is 22.0. The summed E-state index contributed by atoms with van der Waals surface area (Å²) in [4.78, 5) is 6.56. The molecule has 1 saturated heterocycles. The van der Waals surface area contributed by atoms with E-state index in [0.29, 0.717) is 11.9 Å². The standard InChI is InChI=1S/C11H18N4O/c1-9-7-15(4-5-16-9)8-10-2-3-11(14-12)13-6-10/h2-3,6,9H,4-5,7-8,12H2,1H3,(H,13,14). The monoisotopic (exact) mass is 222 g/mol. The molecule has 1 aliphatic heterocycles. The van der Waals surface area contributed by atoms with Gasteiger partial charge in [-0.25, -0.2) is 10.8 Å². The largest absolute Gasteiger partial charge is 0.376 e. The zero-order valence-corrected chi connectivity index (χ0v) is 9.52. The SMILES string of the molecule is CC1CN(Cc2ccc(NN)nc2)CCO1.